The minimum atomic E-state index is -3.93. The van der Waals surface area contributed by atoms with E-state index in [-0.39, 0.29) is 16.3 Å². The number of hydrogen-bond donors (Lipinski definition) is 2. The molecule has 3 aromatic rings. The lowest BCUT2D eigenvalue weighted by Gasteiger charge is -2.09. The van der Waals surface area contributed by atoms with Gasteiger partial charge < -0.3 is 5.32 Å². The van der Waals surface area contributed by atoms with Crippen molar-refractivity contribution in [2.45, 2.75) is 4.90 Å². The minimum Gasteiger partial charge on any atom is -0.307 e. The summed E-state index contributed by atoms with van der Waals surface area (Å²) in [6.45, 7) is 0. The van der Waals surface area contributed by atoms with Gasteiger partial charge in [-0.3, -0.25) is 9.52 Å². The molecule has 2 N–H and O–H groups in total. The number of hydrogen-bond acceptors (Lipinski definition) is 5. The molecule has 2 heterocycles. The molecule has 1 amide bonds. The summed E-state index contributed by atoms with van der Waals surface area (Å²) in [4.78, 5) is 20.1. The van der Waals surface area contributed by atoms with Gasteiger partial charge in [0.05, 0.1) is 14.9 Å². The summed E-state index contributed by atoms with van der Waals surface area (Å²) in [5.41, 5.74) is 0.152. The Labute approximate surface area is 165 Å². The van der Waals surface area contributed by atoms with Crippen LogP contribution in [0.2, 0.25) is 10.0 Å². The molecule has 3 rings (SSSR count). The van der Waals surface area contributed by atoms with Gasteiger partial charge in [-0.25, -0.2) is 18.4 Å². The van der Waals surface area contributed by atoms with Crippen LogP contribution in [0.3, 0.4) is 0 Å². The summed E-state index contributed by atoms with van der Waals surface area (Å²) in [6.07, 6.45) is 2.71. The molecule has 138 valence electrons. The first-order valence-electron chi connectivity index (χ1n) is 7.51. The fourth-order valence-electron chi connectivity index (χ4n) is 2.08. The summed E-state index contributed by atoms with van der Waals surface area (Å²) >= 11 is 11.5. The molecule has 10 heteroatoms. The molecule has 0 saturated carbocycles. The maximum atomic E-state index is 12.5. The third-order valence-corrected chi connectivity index (χ3v) is 5.14. The summed E-state index contributed by atoms with van der Waals surface area (Å²) in [5, 5.41) is 3.38. The van der Waals surface area contributed by atoms with Crippen LogP contribution in [0.25, 0.3) is 0 Å². The molecule has 0 atom stereocenters. The number of benzene rings is 1. The summed E-state index contributed by atoms with van der Waals surface area (Å²) in [7, 11) is -3.93. The number of halogens is 2. The van der Waals surface area contributed by atoms with Crippen molar-refractivity contribution < 1.29 is 13.2 Å². The van der Waals surface area contributed by atoms with E-state index in [2.05, 4.69) is 20.0 Å². The Morgan fingerprint density at radius 3 is 2.11 bits per heavy atom. The lowest BCUT2D eigenvalue weighted by atomic mass is 10.2. The summed E-state index contributed by atoms with van der Waals surface area (Å²) in [5.74, 6) is -0.104. The average Bonchev–Trinajstić information content (AvgIpc) is 2.65. The van der Waals surface area contributed by atoms with Gasteiger partial charge in [-0.15, -0.1) is 0 Å². The summed E-state index contributed by atoms with van der Waals surface area (Å²) in [6, 6.07) is 11.6. The molecular formula is C17H12Cl2N4O3S. The van der Waals surface area contributed by atoms with Crippen molar-refractivity contribution in [1.82, 2.24) is 9.97 Å². The van der Waals surface area contributed by atoms with Crippen molar-refractivity contribution >= 4 is 50.8 Å². The number of amides is 1. The number of carbonyl (C=O) groups is 1. The molecule has 0 aliphatic rings. The highest BCUT2D eigenvalue weighted by molar-refractivity contribution is 7.92. The fraction of sp³-hybridized carbons (Fsp3) is 0. The zero-order valence-corrected chi connectivity index (χ0v) is 15.9. The largest absolute Gasteiger partial charge is 0.307 e. The Hall–Kier alpha value is -2.68. The van der Waals surface area contributed by atoms with Gasteiger partial charge in [-0.1, -0.05) is 29.3 Å². The van der Waals surface area contributed by atoms with E-state index in [0.717, 1.165) is 0 Å². The van der Waals surface area contributed by atoms with Crippen LogP contribution >= 0.6 is 23.2 Å². The maximum Gasteiger partial charge on any atom is 0.263 e. The number of pyridine rings is 2. The molecule has 0 saturated heterocycles. The zero-order valence-electron chi connectivity index (χ0n) is 13.6. The standard InChI is InChI=1S/C17H12Cl2N4O3S/c18-12-4-6-15(20-9-12)22-17(24)11-2-1-3-14(8-11)27(25,26)23-16-7-5-13(19)10-21-16/h1-10H,(H,21,23)(H,20,22,24). The zero-order chi connectivity index (χ0) is 19.4. The van der Waals surface area contributed by atoms with Crippen molar-refractivity contribution in [1.29, 1.82) is 0 Å². The van der Waals surface area contributed by atoms with E-state index in [1.807, 2.05) is 0 Å². The fourth-order valence-corrected chi connectivity index (χ4v) is 3.35. The molecule has 0 bridgehead atoms. The average molecular weight is 423 g/mol. The third kappa shape index (κ3) is 4.94. The Morgan fingerprint density at radius 2 is 1.52 bits per heavy atom. The van der Waals surface area contributed by atoms with Gasteiger partial charge in [-0.2, -0.15) is 0 Å². The monoisotopic (exact) mass is 422 g/mol. The number of carbonyl (C=O) groups excluding carboxylic acids is 1. The molecule has 27 heavy (non-hydrogen) atoms. The molecule has 2 aromatic heterocycles. The molecule has 0 radical (unpaired) electrons. The topological polar surface area (TPSA) is 101 Å². The van der Waals surface area contributed by atoms with Gasteiger partial charge in [0.15, 0.2) is 0 Å². The number of sulfonamides is 1. The lowest BCUT2D eigenvalue weighted by Crippen LogP contribution is -2.16. The quantitative estimate of drug-likeness (QED) is 0.650. The van der Waals surface area contributed by atoms with Crippen LogP contribution in [0.15, 0.2) is 65.8 Å². The molecule has 0 aliphatic carbocycles. The van der Waals surface area contributed by atoms with Gasteiger partial charge in [-0.05, 0) is 42.5 Å². The molecule has 0 fully saturated rings. The van der Waals surface area contributed by atoms with Crippen LogP contribution in [-0.4, -0.2) is 24.3 Å². The third-order valence-electron chi connectivity index (χ3n) is 3.34. The van der Waals surface area contributed by atoms with E-state index in [9.17, 15) is 13.2 Å². The van der Waals surface area contributed by atoms with E-state index in [0.29, 0.717) is 15.9 Å². The van der Waals surface area contributed by atoms with Crippen LogP contribution in [0, 0.1) is 0 Å². The highest BCUT2D eigenvalue weighted by Gasteiger charge is 2.17. The lowest BCUT2D eigenvalue weighted by molar-refractivity contribution is 0.102. The van der Waals surface area contributed by atoms with E-state index in [1.54, 1.807) is 6.07 Å². The number of nitrogens with one attached hydrogen (secondary N) is 2. The van der Waals surface area contributed by atoms with Crippen LogP contribution in [0.1, 0.15) is 10.4 Å². The van der Waals surface area contributed by atoms with Crippen molar-refractivity contribution in [2.75, 3.05) is 10.0 Å². The van der Waals surface area contributed by atoms with Gasteiger partial charge in [0, 0.05) is 18.0 Å². The highest BCUT2D eigenvalue weighted by Crippen LogP contribution is 2.18. The smallest absolute Gasteiger partial charge is 0.263 e. The van der Waals surface area contributed by atoms with Crippen molar-refractivity contribution in [3.63, 3.8) is 0 Å². The summed E-state index contributed by atoms with van der Waals surface area (Å²) < 4.78 is 27.4. The first-order chi connectivity index (χ1) is 12.8. The number of nitrogens with zero attached hydrogens (tertiary/aromatic N) is 2. The van der Waals surface area contributed by atoms with Gasteiger partial charge in [0.1, 0.15) is 11.6 Å². The SMILES string of the molecule is O=C(Nc1ccc(Cl)cn1)c1cccc(S(=O)(=O)Nc2ccc(Cl)cn2)c1. The first kappa shape index (κ1) is 19.1. The maximum absolute atomic E-state index is 12.5. The van der Waals surface area contributed by atoms with Crippen molar-refractivity contribution in [3.05, 3.63) is 76.5 Å². The number of rotatable bonds is 5. The predicted octanol–water partition coefficient (Wildman–Crippen LogP) is 3.84. The Bertz CT molecular complexity index is 1070. The second-order valence-corrected chi connectivity index (χ2v) is 7.87. The molecule has 1 aromatic carbocycles. The van der Waals surface area contributed by atoms with E-state index >= 15 is 0 Å². The van der Waals surface area contributed by atoms with E-state index in [1.165, 1.54) is 54.9 Å². The van der Waals surface area contributed by atoms with Gasteiger partial charge >= 0.3 is 0 Å². The van der Waals surface area contributed by atoms with E-state index in [4.69, 9.17) is 23.2 Å². The molecule has 0 aliphatic heterocycles. The second-order valence-electron chi connectivity index (χ2n) is 5.31. The number of anilines is 2. The van der Waals surface area contributed by atoms with Crippen LogP contribution in [0.5, 0.6) is 0 Å². The molecule has 7 nitrogen and oxygen atoms in total. The molecule has 0 unspecified atom stereocenters. The van der Waals surface area contributed by atoms with Gasteiger partial charge in [0.25, 0.3) is 15.9 Å². The number of aromatic nitrogens is 2. The highest BCUT2D eigenvalue weighted by atomic mass is 35.5. The van der Waals surface area contributed by atoms with Crippen LogP contribution in [0.4, 0.5) is 11.6 Å². The first-order valence-corrected chi connectivity index (χ1v) is 9.75. The van der Waals surface area contributed by atoms with E-state index < -0.39 is 15.9 Å². The normalized spacial score (nSPS) is 11.0. The van der Waals surface area contributed by atoms with Crippen LogP contribution < -0.4 is 10.0 Å². The Kier molecular flexibility index (Phi) is 5.59. The second kappa shape index (κ2) is 7.91. The van der Waals surface area contributed by atoms with Crippen LogP contribution in [-0.2, 0) is 10.0 Å². The molecule has 0 spiro atoms. The molecular weight excluding hydrogens is 411 g/mol. The minimum absolute atomic E-state index is 0.0871. The van der Waals surface area contributed by atoms with Crippen molar-refractivity contribution in [2.24, 2.45) is 0 Å². The Balaban J connectivity index is 1.80. The predicted molar refractivity (Wildman–Crippen MR) is 104 cm³/mol. The van der Waals surface area contributed by atoms with Crippen molar-refractivity contribution in [3.8, 4) is 0 Å². The van der Waals surface area contributed by atoms with Gasteiger partial charge in [0.2, 0.25) is 0 Å². The Morgan fingerprint density at radius 1 is 0.889 bits per heavy atom.